The van der Waals surface area contributed by atoms with Crippen LogP contribution in [0.25, 0.3) is 0 Å². The second kappa shape index (κ2) is 5.31. The Balaban J connectivity index is 1.60. The maximum atomic E-state index is 5.33. The average Bonchev–Trinajstić information content (AvgIpc) is 3.08. The van der Waals surface area contributed by atoms with Gasteiger partial charge in [-0.15, -0.1) is 0 Å². The zero-order chi connectivity index (χ0) is 12.2. The third-order valence-electron chi connectivity index (χ3n) is 3.25. The van der Waals surface area contributed by atoms with E-state index < -0.39 is 0 Å². The highest BCUT2D eigenvalue weighted by Gasteiger charge is 2.22. The molecule has 3 rings (SSSR count). The van der Waals surface area contributed by atoms with Crippen molar-refractivity contribution in [2.75, 3.05) is 13.2 Å². The molecular weight excluding hydrogens is 228 g/mol. The monoisotopic (exact) mass is 244 g/mol. The van der Waals surface area contributed by atoms with Crippen LogP contribution < -0.4 is 0 Å². The summed E-state index contributed by atoms with van der Waals surface area (Å²) in [6, 6.07) is 10.3. The Morgan fingerprint density at radius 3 is 2.83 bits per heavy atom. The first-order valence-corrected chi connectivity index (χ1v) is 6.36. The summed E-state index contributed by atoms with van der Waals surface area (Å²) in [5.74, 6) is 1.84. The average molecular weight is 244 g/mol. The van der Waals surface area contributed by atoms with Crippen molar-refractivity contribution in [3.8, 4) is 0 Å². The molecule has 4 nitrogen and oxygen atoms in total. The van der Waals surface area contributed by atoms with Crippen molar-refractivity contribution < 1.29 is 9.26 Å². The standard InChI is InChI=1S/C14H16N2O2/c1-2-4-11(5-3-1)6-7-13-15-14(16-18-13)12-8-9-17-10-12/h1-5,12H,6-10H2. The number of nitrogens with zero attached hydrogens (tertiary/aromatic N) is 2. The van der Waals surface area contributed by atoms with E-state index in [0.717, 1.165) is 44.2 Å². The molecule has 0 aliphatic carbocycles. The van der Waals surface area contributed by atoms with Crippen LogP contribution in [0.15, 0.2) is 34.9 Å². The Labute approximate surface area is 106 Å². The minimum atomic E-state index is 0.319. The summed E-state index contributed by atoms with van der Waals surface area (Å²) in [5, 5.41) is 4.04. The molecule has 1 unspecified atom stereocenters. The Hall–Kier alpha value is -1.68. The summed E-state index contributed by atoms with van der Waals surface area (Å²) in [4.78, 5) is 4.45. The van der Waals surface area contributed by atoms with E-state index in [-0.39, 0.29) is 0 Å². The third kappa shape index (κ3) is 2.59. The van der Waals surface area contributed by atoms with Crippen LogP contribution in [0, 0.1) is 0 Å². The van der Waals surface area contributed by atoms with E-state index >= 15 is 0 Å². The van der Waals surface area contributed by atoms with Gasteiger partial charge in [-0.05, 0) is 18.4 Å². The van der Waals surface area contributed by atoms with E-state index in [1.165, 1.54) is 5.56 Å². The van der Waals surface area contributed by atoms with Gasteiger partial charge >= 0.3 is 0 Å². The number of ether oxygens (including phenoxy) is 1. The fraction of sp³-hybridized carbons (Fsp3) is 0.429. The van der Waals surface area contributed by atoms with Crippen LogP contribution in [0.4, 0.5) is 0 Å². The first kappa shape index (κ1) is 11.4. The molecule has 18 heavy (non-hydrogen) atoms. The second-order valence-corrected chi connectivity index (χ2v) is 4.59. The van der Waals surface area contributed by atoms with Gasteiger partial charge in [0.25, 0.3) is 0 Å². The maximum absolute atomic E-state index is 5.33. The van der Waals surface area contributed by atoms with Gasteiger partial charge in [0.1, 0.15) is 0 Å². The number of hydrogen-bond acceptors (Lipinski definition) is 4. The fourth-order valence-electron chi connectivity index (χ4n) is 2.17. The molecule has 2 aromatic rings. The second-order valence-electron chi connectivity index (χ2n) is 4.59. The Kier molecular flexibility index (Phi) is 3.37. The number of hydrogen-bond donors (Lipinski definition) is 0. The number of benzene rings is 1. The lowest BCUT2D eigenvalue weighted by Gasteiger charge is -1.98. The normalized spacial score (nSPS) is 19.2. The number of aryl methyl sites for hydroxylation is 2. The van der Waals surface area contributed by atoms with Gasteiger partial charge in [-0.25, -0.2) is 0 Å². The van der Waals surface area contributed by atoms with Gasteiger partial charge in [0.2, 0.25) is 5.89 Å². The Morgan fingerprint density at radius 2 is 2.06 bits per heavy atom. The van der Waals surface area contributed by atoms with Crippen LogP contribution in [0.2, 0.25) is 0 Å². The van der Waals surface area contributed by atoms with Gasteiger partial charge < -0.3 is 9.26 Å². The van der Waals surface area contributed by atoms with Crippen molar-refractivity contribution in [2.24, 2.45) is 0 Å². The highest BCUT2D eigenvalue weighted by molar-refractivity contribution is 5.15. The molecule has 0 N–H and O–H groups in total. The van der Waals surface area contributed by atoms with E-state index in [1.807, 2.05) is 18.2 Å². The molecule has 1 aromatic heterocycles. The highest BCUT2D eigenvalue weighted by Crippen LogP contribution is 2.22. The van der Waals surface area contributed by atoms with Gasteiger partial charge in [-0.3, -0.25) is 0 Å². The predicted octanol–water partition coefficient (Wildman–Crippen LogP) is 2.36. The Morgan fingerprint density at radius 1 is 1.17 bits per heavy atom. The van der Waals surface area contributed by atoms with Crippen molar-refractivity contribution in [2.45, 2.75) is 25.2 Å². The minimum absolute atomic E-state index is 0.319. The molecule has 1 aliphatic heterocycles. The molecule has 0 bridgehead atoms. The van der Waals surface area contributed by atoms with Gasteiger partial charge in [0.05, 0.1) is 6.61 Å². The molecule has 1 aliphatic rings. The van der Waals surface area contributed by atoms with Crippen molar-refractivity contribution in [1.82, 2.24) is 10.1 Å². The van der Waals surface area contributed by atoms with Crippen molar-refractivity contribution in [3.63, 3.8) is 0 Å². The first-order valence-electron chi connectivity index (χ1n) is 6.36. The zero-order valence-corrected chi connectivity index (χ0v) is 10.2. The summed E-state index contributed by atoms with van der Waals surface area (Å²) < 4.78 is 10.6. The van der Waals surface area contributed by atoms with Crippen LogP contribution >= 0.6 is 0 Å². The number of aromatic nitrogens is 2. The van der Waals surface area contributed by atoms with Gasteiger partial charge in [-0.2, -0.15) is 4.98 Å². The fourth-order valence-corrected chi connectivity index (χ4v) is 2.17. The molecule has 0 radical (unpaired) electrons. The molecule has 1 saturated heterocycles. The van der Waals surface area contributed by atoms with E-state index in [4.69, 9.17) is 9.26 Å². The topological polar surface area (TPSA) is 48.2 Å². The summed E-state index contributed by atoms with van der Waals surface area (Å²) in [6.07, 6.45) is 2.73. The van der Waals surface area contributed by atoms with Crippen LogP contribution in [-0.4, -0.2) is 23.4 Å². The Bertz CT molecular complexity index is 490. The molecule has 2 heterocycles. The van der Waals surface area contributed by atoms with Crippen molar-refractivity contribution in [3.05, 3.63) is 47.6 Å². The van der Waals surface area contributed by atoms with Crippen molar-refractivity contribution >= 4 is 0 Å². The smallest absolute Gasteiger partial charge is 0.226 e. The van der Waals surface area contributed by atoms with Crippen LogP contribution in [-0.2, 0) is 17.6 Å². The molecule has 0 saturated carbocycles. The largest absolute Gasteiger partial charge is 0.381 e. The van der Waals surface area contributed by atoms with Crippen LogP contribution in [0.5, 0.6) is 0 Å². The van der Waals surface area contributed by atoms with Gasteiger partial charge in [0, 0.05) is 18.9 Å². The van der Waals surface area contributed by atoms with Crippen LogP contribution in [0.3, 0.4) is 0 Å². The maximum Gasteiger partial charge on any atom is 0.226 e. The van der Waals surface area contributed by atoms with Gasteiger partial charge in [-0.1, -0.05) is 35.5 Å². The lowest BCUT2D eigenvalue weighted by atomic mass is 10.1. The summed E-state index contributed by atoms with van der Waals surface area (Å²) in [7, 11) is 0. The summed E-state index contributed by atoms with van der Waals surface area (Å²) in [6.45, 7) is 1.52. The molecule has 4 heteroatoms. The molecule has 1 aromatic carbocycles. The molecule has 0 amide bonds. The SMILES string of the molecule is c1ccc(CCc2nc(C3CCOC3)no2)cc1. The molecule has 94 valence electrons. The van der Waals surface area contributed by atoms with E-state index in [0.29, 0.717) is 5.92 Å². The zero-order valence-electron chi connectivity index (χ0n) is 10.2. The van der Waals surface area contributed by atoms with Crippen LogP contribution in [0.1, 0.15) is 29.6 Å². The first-order chi connectivity index (χ1) is 8.92. The molecular formula is C14H16N2O2. The van der Waals surface area contributed by atoms with E-state index in [2.05, 4.69) is 22.3 Å². The minimum Gasteiger partial charge on any atom is -0.381 e. The number of rotatable bonds is 4. The van der Waals surface area contributed by atoms with E-state index in [1.54, 1.807) is 0 Å². The summed E-state index contributed by atoms with van der Waals surface area (Å²) >= 11 is 0. The van der Waals surface area contributed by atoms with Gasteiger partial charge in [0.15, 0.2) is 5.82 Å². The molecule has 1 fully saturated rings. The lowest BCUT2D eigenvalue weighted by Crippen LogP contribution is -2.00. The van der Waals surface area contributed by atoms with Crippen molar-refractivity contribution in [1.29, 1.82) is 0 Å². The third-order valence-corrected chi connectivity index (χ3v) is 3.25. The molecule has 0 spiro atoms. The highest BCUT2D eigenvalue weighted by atomic mass is 16.5. The molecule has 1 atom stereocenters. The lowest BCUT2D eigenvalue weighted by molar-refractivity contribution is 0.192. The quantitative estimate of drug-likeness (QED) is 0.828. The predicted molar refractivity (Wildman–Crippen MR) is 66.3 cm³/mol. The van der Waals surface area contributed by atoms with E-state index in [9.17, 15) is 0 Å². The summed E-state index contributed by atoms with van der Waals surface area (Å²) in [5.41, 5.74) is 1.29.